The first kappa shape index (κ1) is 33.8. The number of fused-ring (bicyclic) bond motifs is 14. The predicted molar refractivity (Wildman–Crippen MR) is 257 cm³/mol. The molecular weight excluding hydrogens is 747 g/mol. The molecule has 0 fully saturated rings. The molecule has 0 unspecified atom stereocenters. The molecule has 10 aromatic rings. The summed E-state index contributed by atoms with van der Waals surface area (Å²) in [7, 11) is 0. The molecule has 0 saturated heterocycles. The van der Waals surface area contributed by atoms with Crippen LogP contribution in [0.15, 0.2) is 224 Å². The monoisotopic (exact) mass is 783 g/mol. The van der Waals surface area contributed by atoms with Crippen LogP contribution < -0.4 is 4.90 Å². The second-order valence-corrected chi connectivity index (χ2v) is 17.1. The molecule has 0 saturated carbocycles. The summed E-state index contributed by atoms with van der Waals surface area (Å²) in [4.78, 5) is 2.49. The van der Waals surface area contributed by atoms with Crippen LogP contribution in [0, 0.1) is 0 Å². The van der Waals surface area contributed by atoms with Gasteiger partial charge in [-0.3, -0.25) is 0 Å². The number of hydrogen-bond donors (Lipinski definition) is 0. The van der Waals surface area contributed by atoms with Crippen molar-refractivity contribution in [1.29, 1.82) is 0 Å². The Morgan fingerprint density at radius 1 is 0.226 bits per heavy atom. The lowest BCUT2D eigenvalue weighted by Crippen LogP contribution is -2.26. The van der Waals surface area contributed by atoms with Crippen LogP contribution in [0.1, 0.15) is 22.3 Å². The zero-order valence-corrected chi connectivity index (χ0v) is 33.8. The Balaban J connectivity index is 1.03. The van der Waals surface area contributed by atoms with E-state index in [0.717, 1.165) is 17.1 Å². The highest BCUT2D eigenvalue weighted by molar-refractivity contribution is 6.15. The van der Waals surface area contributed by atoms with Gasteiger partial charge in [0.2, 0.25) is 0 Å². The summed E-state index contributed by atoms with van der Waals surface area (Å²) in [5, 5.41) is 0. The van der Waals surface area contributed by atoms with Gasteiger partial charge in [0, 0.05) is 17.1 Å². The minimum Gasteiger partial charge on any atom is -0.310 e. The molecule has 0 atom stereocenters. The minimum absolute atomic E-state index is 0.440. The molecule has 1 spiro atoms. The SMILES string of the molecule is c1ccc(-c2ccc(N(c3ccc4c(c3)-c3c5cccc3-c3cccc-4c3-c3ccccc3-5)c3ccc4c(c3)C3(c5ccccc5-c5ccccc53)c3ccccc3-4)cc2)cc1. The average Bonchev–Trinajstić information content (AvgIpc) is 3.77. The number of benzene rings is 10. The molecule has 0 radical (unpaired) electrons. The van der Waals surface area contributed by atoms with E-state index in [1.807, 2.05) is 0 Å². The normalized spacial score (nSPS) is 13.3. The Morgan fingerprint density at radius 3 is 1.21 bits per heavy atom. The van der Waals surface area contributed by atoms with Gasteiger partial charge < -0.3 is 4.90 Å². The number of rotatable bonds is 4. The minimum atomic E-state index is -0.440. The van der Waals surface area contributed by atoms with E-state index in [1.54, 1.807) is 0 Å². The summed E-state index contributed by atoms with van der Waals surface area (Å²) in [6.07, 6.45) is 0. The van der Waals surface area contributed by atoms with Gasteiger partial charge in [0.1, 0.15) is 0 Å². The molecule has 1 heteroatoms. The van der Waals surface area contributed by atoms with Gasteiger partial charge in [-0.1, -0.05) is 188 Å². The molecule has 6 bridgehead atoms. The fraction of sp³-hybridized carbons (Fsp3) is 0.0164. The summed E-state index contributed by atoms with van der Waals surface area (Å²) < 4.78 is 0. The molecule has 10 aromatic carbocycles. The molecule has 286 valence electrons. The van der Waals surface area contributed by atoms with E-state index >= 15 is 0 Å². The highest BCUT2D eigenvalue weighted by atomic mass is 15.1. The Morgan fingerprint density at radius 2 is 0.613 bits per heavy atom. The van der Waals surface area contributed by atoms with E-state index in [0.29, 0.717) is 0 Å². The number of nitrogens with zero attached hydrogens (tertiary/aromatic N) is 1. The first-order chi connectivity index (χ1) is 30.8. The van der Waals surface area contributed by atoms with Gasteiger partial charge in [0.15, 0.2) is 0 Å². The van der Waals surface area contributed by atoms with E-state index in [1.165, 1.54) is 111 Å². The lowest BCUT2D eigenvalue weighted by atomic mass is 9.70. The van der Waals surface area contributed by atoms with E-state index in [2.05, 4.69) is 229 Å². The Labute approximate surface area is 361 Å². The van der Waals surface area contributed by atoms with Crippen molar-refractivity contribution in [3.8, 4) is 89.0 Å². The van der Waals surface area contributed by atoms with Crippen molar-refractivity contribution < 1.29 is 0 Å². The van der Waals surface area contributed by atoms with Crippen molar-refractivity contribution >= 4 is 17.1 Å². The Bertz CT molecular complexity index is 3430. The van der Waals surface area contributed by atoms with Gasteiger partial charge in [-0.25, -0.2) is 0 Å². The lowest BCUT2D eigenvalue weighted by molar-refractivity contribution is 0.793. The van der Waals surface area contributed by atoms with Crippen molar-refractivity contribution in [1.82, 2.24) is 0 Å². The van der Waals surface area contributed by atoms with Crippen molar-refractivity contribution in [2.24, 2.45) is 0 Å². The van der Waals surface area contributed by atoms with Crippen LogP contribution in [0.3, 0.4) is 0 Å². The zero-order chi connectivity index (χ0) is 40.5. The molecular formula is C61H37N. The fourth-order valence-electron chi connectivity index (χ4n) is 11.7. The molecule has 4 aliphatic rings. The maximum atomic E-state index is 2.50. The largest absolute Gasteiger partial charge is 0.310 e. The first-order valence-electron chi connectivity index (χ1n) is 21.7. The first-order valence-corrected chi connectivity index (χ1v) is 21.7. The van der Waals surface area contributed by atoms with E-state index < -0.39 is 5.41 Å². The van der Waals surface area contributed by atoms with Crippen LogP contribution in [0.25, 0.3) is 89.0 Å². The lowest BCUT2D eigenvalue weighted by Gasteiger charge is -2.32. The third kappa shape index (κ3) is 4.37. The fourth-order valence-corrected chi connectivity index (χ4v) is 11.7. The summed E-state index contributed by atoms with van der Waals surface area (Å²) in [6.45, 7) is 0. The summed E-state index contributed by atoms with van der Waals surface area (Å²) in [6, 6.07) is 84.2. The quantitative estimate of drug-likeness (QED) is 0.172. The van der Waals surface area contributed by atoms with Crippen LogP contribution in [0.5, 0.6) is 0 Å². The summed E-state index contributed by atoms with van der Waals surface area (Å²) >= 11 is 0. The van der Waals surface area contributed by atoms with Gasteiger partial charge >= 0.3 is 0 Å². The second-order valence-electron chi connectivity index (χ2n) is 17.1. The summed E-state index contributed by atoms with van der Waals surface area (Å²) in [5.74, 6) is 0. The smallest absolute Gasteiger partial charge is 0.0726 e. The van der Waals surface area contributed by atoms with Crippen LogP contribution in [0.4, 0.5) is 17.1 Å². The zero-order valence-electron chi connectivity index (χ0n) is 33.8. The number of hydrogen-bond acceptors (Lipinski definition) is 1. The van der Waals surface area contributed by atoms with Gasteiger partial charge in [0.25, 0.3) is 0 Å². The van der Waals surface area contributed by atoms with Crippen LogP contribution in [-0.4, -0.2) is 0 Å². The standard InChI is InChI=1S/C61H37N/c1-2-14-38(15-3-1)39-28-30-40(31-29-39)62(41-32-34-44-51-22-13-23-52-53-24-12-21-50(60(53)54(44)36-41)43-16-4-5-20-49(43)59(51)52)42-33-35-48-47-19-8-11-27-57(47)61(58(48)37-42)55-25-9-6-17-45(55)46-18-7-10-26-56(46)61/h1-37H. The molecule has 14 rings (SSSR count). The molecule has 0 amide bonds. The molecule has 0 heterocycles. The summed E-state index contributed by atoms with van der Waals surface area (Å²) in [5.41, 5.74) is 28.9. The van der Waals surface area contributed by atoms with E-state index in [-0.39, 0.29) is 0 Å². The average molecular weight is 784 g/mol. The van der Waals surface area contributed by atoms with Gasteiger partial charge in [-0.2, -0.15) is 0 Å². The third-order valence-electron chi connectivity index (χ3n) is 14.2. The van der Waals surface area contributed by atoms with Gasteiger partial charge in [-0.05, 0) is 148 Å². The molecule has 62 heavy (non-hydrogen) atoms. The highest BCUT2D eigenvalue weighted by Crippen LogP contribution is 2.64. The van der Waals surface area contributed by atoms with Crippen LogP contribution >= 0.6 is 0 Å². The van der Waals surface area contributed by atoms with E-state index in [9.17, 15) is 0 Å². The molecule has 0 aliphatic heterocycles. The van der Waals surface area contributed by atoms with Crippen molar-refractivity contribution in [2.75, 3.05) is 4.90 Å². The van der Waals surface area contributed by atoms with Crippen molar-refractivity contribution in [2.45, 2.75) is 5.41 Å². The molecule has 1 nitrogen and oxygen atoms in total. The van der Waals surface area contributed by atoms with Crippen LogP contribution in [0.2, 0.25) is 0 Å². The number of anilines is 3. The maximum Gasteiger partial charge on any atom is 0.0726 e. The highest BCUT2D eigenvalue weighted by Gasteiger charge is 2.51. The molecule has 0 aromatic heterocycles. The maximum absolute atomic E-state index is 2.50. The van der Waals surface area contributed by atoms with Gasteiger partial charge in [-0.15, -0.1) is 0 Å². The van der Waals surface area contributed by atoms with E-state index in [4.69, 9.17) is 0 Å². The molecule has 0 N–H and O–H groups in total. The van der Waals surface area contributed by atoms with Crippen molar-refractivity contribution in [3.63, 3.8) is 0 Å². The third-order valence-corrected chi connectivity index (χ3v) is 14.2. The topological polar surface area (TPSA) is 3.24 Å². The Hall–Kier alpha value is -8.00. The van der Waals surface area contributed by atoms with Crippen molar-refractivity contribution in [3.05, 3.63) is 247 Å². The predicted octanol–water partition coefficient (Wildman–Crippen LogP) is 16.1. The van der Waals surface area contributed by atoms with Crippen LogP contribution in [-0.2, 0) is 5.41 Å². The molecule has 4 aliphatic carbocycles. The second kappa shape index (κ2) is 12.5. The van der Waals surface area contributed by atoms with Gasteiger partial charge in [0.05, 0.1) is 5.41 Å². The Kier molecular flexibility index (Phi) is 6.82.